The van der Waals surface area contributed by atoms with Gasteiger partial charge >= 0.3 is 11.9 Å². The fourth-order valence-corrected chi connectivity index (χ4v) is 2.89. The molecule has 0 bridgehead atoms. The smallest absolute Gasteiger partial charge is 0.352 e. The summed E-state index contributed by atoms with van der Waals surface area (Å²) in [5, 5.41) is 0.0332. The van der Waals surface area contributed by atoms with Crippen LogP contribution in [0.1, 0.15) is 84.0 Å². The number of hydrogen-bond donors (Lipinski definition) is 0. The third kappa shape index (κ3) is 21.0. The molecule has 0 heterocycles. The minimum Gasteiger partial charge on any atom is -0.378 e. The molecule has 0 amide bonds. The minimum atomic E-state index is -0.687. The average molecular weight is 562 g/mol. The van der Waals surface area contributed by atoms with Crippen molar-refractivity contribution in [3.8, 4) is 0 Å². The van der Waals surface area contributed by atoms with Crippen LogP contribution in [0.25, 0.3) is 0 Å². The molecule has 0 radical (unpaired) electrons. The molecule has 0 aromatic rings. The number of alkyl halides is 2. The summed E-state index contributed by atoms with van der Waals surface area (Å²) in [6.45, 7) is 2.90. The molecule has 9 heteroatoms. The summed E-state index contributed by atoms with van der Waals surface area (Å²) < 4.78 is 5.58. The Labute approximate surface area is 198 Å². The summed E-state index contributed by atoms with van der Waals surface area (Å²) in [5.74, 6) is -1.14. The highest BCUT2D eigenvalue weighted by Gasteiger charge is 2.16. The number of rotatable bonds is 22. The highest BCUT2D eigenvalue weighted by Crippen LogP contribution is 2.12. The van der Waals surface area contributed by atoms with Gasteiger partial charge in [0.25, 0.3) is 0 Å². The first-order chi connectivity index (χ1) is 14.6. The Balaban J connectivity index is 3.66. The zero-order valence-corrected chi connectivity index (χ0v) is 21.4. The first-order valence-corrected chi connectivity index (χ1v) is 13.3. The molecule has 0 fully saturated rings. The van der Waals surface area contributed by atoms with Gasteiger partial charge in [0.15, 0.2) is 6.10 Å². The van der Waals surface area contributed by atoms with Gasteiger partial charge in [-0.25, -0.2) is 9.59 Å². The van der Waals surface area contributed by atoms with Crippen molar-refractivity contribution in [2.75, 3.05) is 30.5 Å². The van der Waals surface area contributed by atoms with Crippen molar-refractivity contribution in [1.82, 2.24) is 0 Å². The van der Waals surface area contributed by atoms with Crippen molar-refractivity contribution in [1.29, 1.82) is 0 Å². The number of hydrogen-bond acceptors (Lipinski definition) is 7. The molecule has 0 aliphatic rings. The predicted molar refractivity (Wildman–Crippen MR) is 122 cm³/mol. The zero-order valence-electron chi connectivity index (χ0n) is 18.2. The van der Waals surface area contributed by atoms with E-state index >= 15 is 0 Å². The molecule has 0 aromatic carbocycles. The summed E-state index contributed by atoms with van der Waals surface area (Å²) in [7, 11) is 0. The van der Waals surface area contributed by atoms with Gasteiger partial charge in [-0.3, -0.25) is 9.78 Å². The van der Waals surface area contributed by atoms with Gasteiger partial charge in [0.2, 0.25) is 0 Å². The van der Waals surface area contributed by atoms with Crippen molar-refractivity contribution < 1.29 is 33.9 Å². The summed E-state index contributed by atoms with van der Waals surface area (Å²) >= 11 is 5.93. The number of halogens is 2. The van der Waals surface area contributed by atoms with Gasteiger partial charge in [-0.2, -0.15) is 9.78 Å². The van der Waals surface area contributed by atoms with E-state index < -0.39 is 18.0 Å². The van der Waals surface area contributed by atoms with Crippen LogP contribution in [-0.4, -0.2) is 48.5 Å². The third-order valence-electron chi connectivity index (χ3n) is 4.35. The molecule has 0 spiro atoms. The topological polar surface area (TPSA) is 80.3 Å². The van der Waals surface area contributed by atoms with E-state index in [1.54, 1.807) is 0 Å². The van der Waals surface area contributed by atoms with Gasteiger partial charge in [-0.1, -0.05) is 109 Å². The molecule has 0 aliphatic heterocycles. The summed E-state index contributed by atoms with van der Waals surface area (Å²) in [6.07, 6.45) is 14.7. The SMILES string of the molecule is CCCCCCCCCCCCCCOCC(COOC(=O)CBr)OOC(=O)CBr. The molecule has 178 valence electrons. The van der Waals surface area contributed by atoms with E-state index in [9.17, 15) is 9.59 Å². The molecule has 0 aliphatic carbocycles. The van der Waals surface area contributed by atoms with Gasteiger partial charge in [0.1, 0.15) is 17.3 Å². The van der Waals surface area contributed by atoms with Crippen LogP contribution in [0.3, 0.4) is 0 Å². The molecule has 0 rings (SSSR count). The minimum absolute atomic E-state index is 0.0128. The third-order valence-corrected chi connectivity index (χ3v) is 5.26. The standard InChI is InChI=1S/C21H38Br2O7/c1-2-3-4-5-6-7-8-9-10-11-12-13-14-26-17-19(28-30-21(25)16-23)18-27-29-20(24)15-22/h19H,2-18H2,1H3. The molecule has 0 saturated carbocycles. The number of carbonyl (C=O) groups excluding carboxylic acids is 2. The Hall–Kier alpha value is -0.220. The largest absolute Gasteiger partial charge is 0.378 e. The number of carbonyl (C=O) groups is 2. The van der Waals surface area contributed by atoms with E-state index in [1.165, 1.54) is 64.2 Å². The fraction of sp³-hybridized carbons (Fsp3) is 0.905. The summed E-state index contributed by atoms with van der Waals surface area (Å²) in [5.41, 5.74) is 0. The van der Waals surface area contributed by atoms with Gasteiger partial charge in [0, 0.05) is 6.61 Å². The molecule has 1 atom stereocenters. The molecule has 0 saturated heterocycles. The van der Waals surface area contributed by atoms with Crippen molar-refractivity contribution >= 4 is 43.8 Å². The quantitative estimate of drug-likeness (QED) is 0.0713. The first kappa shape index (κ1) is 29.8. The van der Waals surface area contributed by atoms with Gasteiger partial charge in [-0.05, 0) is 6.42 Å². The van der Waals surface area contributed by atoms with Crippen molar-refractivity contribution in [2.24, 2.45) is 0 Å². The van der Waals surface area contributed by atoms with Crippen LogP contribution in [0.15, 0.2) is 0 Å². The molecular formula is C21H38Br2O7. The predicted octanol–water partition coefficient (Wildman–Crippen LogP) is 5.81. The van der Waals surface area contributed by atoms with E-state index in [0.717, 1.165) is 12.8 Å². The number of ether oxygens (including phenoxy) is 1. The lowest BCUT2D eigenvalue weighted by atomic mass is 10.1. The van der Waals surface area contributed by atoms with Gasteiger partial charge in [0.05, 0.1) is 6.61 Å². The Morgan fingerprint density at radius 1 is 0.700 bits per heavy atom. The second-order valence-electron chi connectivity index (χ2n) is 7.14. The average Bonchev–Trinajstić information content (AvgIpc) is 2.76. The van der Waals surface area contributed by atoms with Crippen LogP contribution in [0, 0.1) is 0 Å². The van der Waals surface area contributed by atoms with Crippen molar-refractivity contribution in [3.63, 3.8) is 0 Å². The highest BCUT2D eigenvalue weighted by atomic mass is 79.9. The van der Waals surface area contributed by atoms with Crippen LogP contribution in [0.5, 0.6) is 0 Å². The van der Waals surface area contributed by atoms with Crippen molar-refractivity contribution in [3.05, 3.63) is 0 Å². The Bertz CT molecular complexity index is 411. The monoisotopic (exact) mass is 560 g/mol. The lowest BCUT2D eigenvalue weighted by Crippen LogP contribution is -2.28. The van der Waals surface area contributed by atoms with E-state index in [0.29, 0.717) is 6.61 Å². The summed E-state index contributed by atoms with van der Waals surface area (Å²) in [6, 6.07) is 0. The number of unbranched alkanes of at least 4 members (excludes halogenated alkanes) is 11. The summed E-state index contributed by atoms with van der Waals surface area (Å²) in [4.78, 5) is 41.1. The van der Waals surface area contributed by atoms with Crippen LogP contribution >= 0.6 is 31.9 Å². The molecule has 7 nitrogen and oxygen atoms in total. The second-order valence-corrected chi connectivity index (χ2v) is 8.27. The lowest BCUT2D eigenvalue weighted by Gasteiger charge is -2.15. The highest BCUT2D eigenvalue weighted by molar-refractivity contribution is 9.09. The lowest BCUT2D eigenvalue weighted by molar-refractivity contribution is -0.339. The second kappa shape index (κ2) is 23.4. The van der Waals surface area contributed by atoms with Crippen LogP contribution in [0.2, 0.25) is 0 Å². The van der Waals surface area contributed by atoms with Gasteiger partial charge in [-0.15, -0.1) is 0 Å². The maximum atomic E-state index is 11.2. The Morgan fingerprint density at radius 2 is 1.20 bits per heavy atom. The molecule has 0 aromatic heterocycles. The van der Waals surface area contributed by atoms with Crippen LogP contribution in [-0.2, 0) is 33.9 Å². The first-order valence-electron chi connectivity index (χ1n) is 11.0. The van der Waals surface area contributed by atoms with E-state index in [1.807, 2.05) is 0 Å². The fourth-order valence-electron chi connectivity index (χ4n) is 2.71. The molecular weight excluding hydrogens is 524 g/mol. The zero-order chi connectivity index (χ0) is 22.3. The van der Waals surface area contributed by atoms with Crippen LogP contribution in [0.4, 0.5) is 0 Å². The van der Waals surface area contributed by atoms with Crippen LogP contribution < -0.4 is 0 Å². The normalized spacial score (nSPS) is 12.0. The molecule has 30 heavy (non-hydrogen) atoms. The van der Waals surface area contributed by atoms with E-state index in [4.69, 9.17) is 14.5 Å². The Morgan fingerprint density at radius 3 is 1.73 bits per heavy atom. The van der Waals surface area contributed by atoms with E-state index in [-0.39, 0.29) is 23.9 Å². The van der Waals surface area contributed by atoms with Gasteiger partial charge < -0.3 is 4.74 Å². The maximum Gasteiger partial charge on any atom is 0.352 e. The molecule has 0 N–H and O–H groups in total. The van der Waals surface area contributed by atoms with E-state index in [2.05, 4.69) is 48.6 Å². The molecule has 1 unspecified atom stereocenters. The maximum absolute atomic E-state index is 11.2. The van der Waals surface area contributed by atoms with Crippen molar-refractivity contribution in [2.45, 2.75) is 90.1 Å². The Kier molecular flexibility index (Phi) is 23.3.